The average molecular weight is 427 g/mol. The van der Waals surface area contributed by atoms with Crippen molar-refractivity contribution in [2.75, 3.05) is 11.6 Å². The number of aromatic nitrogens is 2. The molecule has 0 aliphatic rings. The molecule has 0 bridgehead atoms. The van der Waals surface area contributed by atoms with Crippen LogP contribution in [0.1, 0.15) is 35.9 Å². The van der Waals surface area contributed by atoms with Crippen molar-refractivity contribution in [1.29, 1.82) is 0 Å². The van der Waals surface area contributed by atoms with Crippen LogP contribution in [-0.2, 0) is 9.84 Å². The van der Waals surface area contributed by atoms with Gasteiger partial charge in [0.1, 0.15) is 17.3 Å². The van der Waals surface area contributed by atoms with Crippen LogP contribution in [0.4, 0.5) is 10.2 Å². The van der Waals surface area contributed by atoms with Crippen molar-refractivity contribution in [1.82, 2.24) is 15.3 Å². The fraction of sp³-hybridized carbons (Fsp3) is 0.278. The molecule has 1 aromatic heterocycles. The Bertz CT molecular complexity index is 981. The number of amides is 1. The van der Waals surface area contributed by atoms with Gasteiger partial charge in [-0.2, -0.15) is 0 Å². The van der Waals surface area contributed by atoms with Gasteiger partial charge in [-0.3, -0.25) is 4.79 Å². The van der Waals surface area contributed by atoms with Gasteiger partial charge in [-0.25, -0.2) is 22.8 Å². The number of hydrogen-bond donors (Lipinski definition) is 2. The lowest BCUT2D eigenvalue weighted by Gasteiger charge is -2.16. The van der Waals surface area contributed by atoms with Crippen molar-refractivity contribution < 1.29 is 17.6 Å². The van der Waals surface area contributed by atoms with Gasteiger partial charge in [0, 0.05) is 22.7 Å². The lowest BCUT2D eigenvalue weighted by molar-refractivity contribution is 0.0941. The normalized spacial score (nSPS) is 13.9. The minimum absolute atomic E-state index is 0.0811. The number of anilines is 1. The van der Waals surface area contributed by atoms with Gasteiger partial charge in [-0.05, 0) is 31.5 Å². The first kappa shape index (κ1) is 21.8. The van der Waals surface area contributed by atoms with Crippen LogP contribution in [0.2, 0.25) is 5.02 Å². The standard InChI is InChI=1S/C18H20ClFN4O3S/c1-11(6-7-28(3,26)27)23-18(25)16-9-22-17(10-21-16)24-12(2)14-5-4-13(20)8-15(14)19/h4-12H,1-3H3,(H,22,24)(H,23,25)/b7-6+/t11-,12+/m1/s1. The Morgan fingerprint density at radius 3 is 2.54 bits per heavy atom. The largest absolute Gasteiger partial charge is 0.362 e. The fourth-order valence-electron chi connectivity index (χ4n) is 2.26. The van der Waals surface area contributed by atoms with Gasteiger partial charge in [-0.15, -0.1) is 0 Å². The minimum Gasteiger partial charge on any atom is -0.362 e. The molecule has 10 heteroatoms. The Labute approximate surface area is 168 Å². The van der Waals surface area contributed by atoms with Gasteiger partial charge >= 0.3 is 0 Å². The van der Waals surface area contributed by atoms with E-state index in [1.807, 2.05) is 6.92 Å². The number of carbonyl (C=O) groups excluding carboxylic acids is 1. The molecule has 1 heterocycles. The zero-order valence-corrected chi connectivity index (χ0v) is 17.1. The molecular formula is C18H20ClFN4O3S. The Kier molecular flexibility index (Phi) is 7.09. The number of nitrogens with zero attached hydrogens (tertiary/aromatic N) is 2. The molecule has 1 aromatic carbocycles. The van der Waals surface area contributed by atoms with Gasteiger partial charge < -0.3 is 10.6 Å². The SMILES string of the molecule is C[C@H](/C=C/S(C)(=O)=O)NC(=O)c1cnc(N[C@@H](C)c2ccc(F)cc2Cl)cn1. The zero-order chi connectivity index (χ0) is 20.9. The van der Waals surface area contributed by atoms with E-state index in [1.165, 1.54) is 30.6 Å². The van der Waals surface area contributed by atoms with Crippen molar-refractivity contribution >= 4 is 33.2 Å². The molecule has 0 saturated heterocycles. The molecule has 2 aromatic rings. The molecule has 1 amide bonds. The average Bonchev–Trinajstić information content (AvgIpc) is 2.59. The Morgan fingerprint density at radius 1 is 1.25 bits per heavy atom. The van der Waals surface area contributed by atoms with Crippen LogP contribution in [0, 0.1) is 5.82 Å². The summed E-state index contributed by atoms with van der Waals surface area (Å²) in [6, 6.07) is 3.37. The predicted molar refractivity (Wildman–Crippen MR) is 106 cm³/mol. The summed E-state index contributed by atoms with van der Waals surface area (Å²) in [5.41, 5.74) is 0.774. The lowest BCUT2D eigenvalue weighted by Crippen LogP contribution is -2.32. The van der Waals surface area contributed by atoms with E-state index >= 15 is 0 Å². The second kappa shape index (κ2) is 9.11. The Balaban J connectivity index is 2.00. The van der Waals surface area contributed by atoms with Gasteiger partial charge in [0.2, 0.25) is 0 Å². The topological polar surface area (TPSA) is 101 Å². The molecule has 150 valence electrons. The first-order valence-electron chi connectivity index (χ1n) is 8.28. The fourth-order valence-corrected chi connectivity index (χ4v) is 3.11. The smallest absolute Gasteiger partial charge is 0.271 e. The van der Waals surface area contributed by atoms with Crippen molar-refractivity contribution in [3.63, 3.8) is 0 Å². The van der Waals surface area contributed by atoms with Crippen molar-refractivity contribution in [3.8, 4) is 0 Å². The molecule has 0 aliphatic heterocycles. The van der Waals surface area contributed by atoms with E-state index < -0.39 is 27.6 Å². The first-order valence-corrected chi connectivity index (χ1v) is 10.6. The highest BCUT2D eigenvalue weighted by atomic mass is 35.5. The van der Waals surface area contributed by atoms with Crippen LogP contribution < -0.4 is 10.6 Å². The number of hydrogen-bond acceptors (Lipinski definition) is 6. The summed E-state index contributed by atoms with van der Waals surface area (Å²) in [6.07, 6.45) is 5.11. The van der Waals surface area contributed by atoms with E-state index in [4.69, 9.17) is 11.6 Å². The third-order valence-electron chi connectivity index (χ3n) is 3.65. The lowest BCUT2D eigenvalue weighted by atomic mass is 10.1. The summed E-state index contributed by atoms with van der Waals surface area (Å²) >= 11 is 6.05. The molecule has 0 radical (unpaired) electrons. The maximum Gasteiger partial charge on any atom is 0.271 e. The number of sulfone groups is 1. The quantitative estimate of drug-likeness (QED) is 0.705. The van der Waals surface area contributed by atoms with E-state index in [-0.39, 0.29) is 11.7 Å². The molecule has 28 heavy (non-hydrogen) atoms. The summed E-state index contributed by atoms with van der Waals surface area (Å²) in [6.45, 7) is 3.47. The summed E-state index contributed by atoms with van der Waals surface area (Å²) in [5.74, 6) is -0.495. The molecular weight excluding hydrogens is 407 g/mol. The van der Waals surface area contributed by atoms with Crippen LogP contribution in [0.25, 0.3) is 0 Å². The minimum atomic E-state index is -3.26. The van der Waals surface area contributed by atoms with E-state index in [1.54, 1.807) is 13.0 Å². The molecule has 2 rings (SSSR count). The van der Waals surface area contributed by atoms with E-state index in [0.29, 0.717) is 16.4 Å². The molecule has 7 nitrogen and oxygen atoms in total. The molecule has 2 N–H and O–H groups in total. The van der Waals surface area contributed by atoms with Gasteiger partial charge in [-0.1, -0.05) is 23.7 Å². The van der Waals surface area contributed by atoms with Crippen LogP contribution in [0.3, 0.4) is 0 Å². The van der Waals surface area contributed by atoms with Crippen LogP contribution in [0.15, 0.2) is 42.1 Å². The van der Waals surface area contributed by atoms with E-state index in [0.717, 1.165) is 11.7 Å². The highest BCUT2D eigenvalue weighted by molar-refractivity contribution is 7.93. The van der Waals surface area contributed by atoms with Gasteiger partial charge in [0.05, 0.1) is 18.4 Å². The maximum atomic E-state index is 13.2. The molecule has 0 saturated carbocycles. The van der Waals surface area contributed by atoms with E-state index in [2.05, 4.69) is 20.6 Å². The number of nitrogens with one attached hydrogen (secondary N) is 2. The first-order chi connectivity index (χ1) is 13.0. The van der Waals surface area contributed by atoms with Crippen molar-refractivity contribution in [2.45, 2.75) is 25.9 Å². The third kappa shape index (κ3) is 6.58. The number of benzene rings is 1. The molecule has 2 atom stereocenters. The molecule has 0 aliphatic carbocycles. The molecule has 0 unspecified atom stereocenters. The third-order valence-corrected chi connectivity index (χ3v) is 4.63. The number of rotatable bonds is 7. The second-order valence-corrected chi connectivity index (χ2v) is 8.58. The van der Waals surface area contributed by atoms with Gasteiger partial charge in [0.25, 0.3) is 5.91 Å². The van der Waals surface area contributed by atoms with Gasteiger partial charge in [0.15, 0.2) is 9.84 Å². The van der Waals surface area contributed by atoms with Crippen molar-refractivity contribution in [2.24, 2.45) is 0 Å². The van der Waals surface area contributed by atoms with Crippen LogP contribution in [0.5, 0.6) is 0 Å². The maximum absolute atomic E-state index is 13.2. The summed E-state index contributed by atoms with van der Waals surface area (Å²) < 4.78 is 35.4. The Hall–Kier alpha value is -2.52. The second-order valence-electron chi connectivity index (χ2n) is 6.24. The van der Waals surface area contributed by atoms with E-state index in [9.17, 15) is 17.6 Å². The summed E-state index contributed by atoms with van der Waals surface area (Å²) in [4.78, 5) is 20.3. The number of carbonyl (C=O) groups is 1. The highest BCUT2D eigenvalue weighted by Gasteiger charge is 2.13. The number of halogens is 2. The highest BCUT2D eigenvalue weighted by Crippen LogP contribution is 2.25. The predicted octanol–water partition coefficient (Wildman–Crippen LogP) is 3.12. The van der Waals surface area contributed by atoms with Crippen molar-refractivity contribution in [3.05, 3.63) is 64.2 Å². The molecule has 0 spiro atoms. The summed E-state index contributed by atoms with van der Waals surface area (Å²) in [7, 11) is -3.26. The monoisotopic (exact) mass is 426 g/mol. The van der Waals surface area contributed by atoms with Crippen LogP contribution in [-0.4, -0.2) is 36.6 Å². The zero-order valence-electron chi connectivity index (χ0n) is 15.5. The summed E-state index contributed by atoms with van der Waals surface area (Å²) in [5, 5.41) is 6.99. The Morgan fingerprint density at radius 2 is 1.96 bits per heavy atom. The molecule has 0 fully saturated rings. The van der Waals surface area contributed by atoms with Crippen LogP contribution >= 0.6 is 11.6 Å².